The van der Waals surface area contributed by atoms with Crippen LogP contribution in [-0.4, -0.2) is 88.8 Å². The van der Waals surface area contributed by atoms with Crippen LogP contribution < -0.4 is 31.7 Å². The lowest BCUT2D eigenvalue weighted by atomic mass is 9.73. The normalized spacial score (nSPS) is 18.0. The number of para-hydroxylation sites is 1. The largest absolute Gasteiger partial charge is 0.496 e. The van der Waals surface area contributed by atoms with E-state index in [4.69, 9.17) is 16.2 Å². The number of likely N-dealkylation sites (N-methyl/N-ethyl adjacent to an activating group) is 1. The number of hydrogen-bond acceptors (Lipinski definition) is 9. The summed E-state index contributed by atoms with van der Waals surface area (Å²) in [7, 11) is 9.92. The number of rotatable bonds is 18. The maximum absolute atomic E-state index is 10.5. The maximum Gasteiger partial charge on any atom is 0.131 e. The number of benzene rings is 2. The summed E-state index contributed by atoms with van der Waals surface area (Å²) < 4.78 is 6.01. The van der Waals surface area contributed by atoms with Gasteiger partial charge in [-0.25, -0.2) is 0 Å². The van der Waals surface area contributed by atoms with Gasteiger partial charge in [-0.15, -0.1) is 0 Å². The highest BCUT2D eigenvalue weighted by atomic mass is 16.5. The highest BCUT2D eigenvalue weighted by molar-refractivity contribution is 5.80. The molecule has 0 aliphatic heterocycles. The fourth-order valence-electron chi connectivity index (χ4n) is 7.08. The molecule has 1 saturated carbocycles. The highest BCUT2D eigenvalue weighted by Gasteiger charge is 2.29. The monoisotopic (exact) mass is 709 g/mol. The van der Waals surface area contributed by atoms with Gasteiger partial charge in [0.2, 0.25) is 0 Å². The summed E-state index contributed by atoms with van der Waals surface area (Å²) in [5.41, 5.74) is 19.6. The number of aliphatic hydroxyl groups is 2. The third-order valence-corrected chi connectivity index (χ3v) is 9.78. The number of aliphatic hydroxyl groups excluding tert-OH is 2. The first kappa shape index (κ1) is 44.1. The van der Waals surface area contributed by atoms with E-state index in [1.165, 1.54) is 25.7 Å². The van der Waals surface area contributed by atoms with Gasteiger partial charge >= 0.3 is 0 Å². The van der Waals surface area contributed by atoms with Gasteiger partial charge in [0.25, 0.3) is 0 Å². The van der Waals surface area contributed by atoms with Crippen molar-refractivity contribution in [1.29, 1.82) is 0 Å². The average Bonchev–Trinajstić information content (AvgIpc) is 3.08. The maximum atomic E-state index is 10.5. The second-order valence-corrected chi connectivity index (χ2v) is 15.4. The van der Waals surface area contributed by atoms with Crippen molar-refractivity contribution in [2.75, 3.05) is 66.4 Å². The van der Waals surface area contributed by atoms with Crippen molar-refractivity contribution >= 4 is 11.4 Å². The summed E-state index contributed by atoms with van der Waals surface area (Å²) in [5.74, 6) is 1.19. The molecule has 0 amide bonds. The standard InChI is InChI=1S/C33H54N6O3.C9H18/c1-8-11-29(35)32(28(22-40)31(41)20-34)37-21-23-13-10-14-27(33(23)42-7)24-17-25(19-26(18-24)39(5)6)30(12-9-2)36-15-16-38(3)4;1-8-5-4-6-9(2,3)7-8/h10-14,17-19,28,31-32,36-37,40-41H,8-9,15-16,20-22,34-35H2,1-7H3;8H,4-7H2,1-3H3/b29-11-,30-12+;. The molecule has 0 radical (unpaired) electrons. The van der Waals surface area contributed by atoms with Crippen molar-refractivity contribution in [3.63, 3.8) is 0 Å². The van der Waals surface area contributed by atoms with Gasteiger partial charge < -0.3 is 46.9 Å². The van der Waals surface area contributed by atoms with E-state index in [-0.39, 0.29) is 13.2 Å². The van der Waals surface area contributed by atoms with E-state index in [1.807, 2.05) is 39.2 Å². The Bertz CT molecular complexity index is 1370. The molecule has 1 aliphatic rings. The fraction of sp³-hybridized carbons (Fsp3) is 0.619. The average molecular weight is 709 g/mol. The van der Waals surface area contributed by atoms with Crippen molar-refractivity contribution in [2.45, 2.75) is 91.8 Å². The molecule has 288 valence electrons. The summed E-state index contributed by atoms with van der Waals surface area (Å²) in [6.45, 7) is 13.3. The number of allylic oxidation sites excluding steroid dienone is 2. The van der Waals surface area contributed by atoms with E-state index in [0.717, 1.165) is 71.2 Å². The molecule has 0 aromatic heterocycles. The lowest BCUT2D eigenvalue weighted by molar-refractivity contribution is 0.0567. The van der Waals surface area contributed by atoms with Crippen molar-refractivity contribution < 1.29 is 14.9 Å². The zero-order chi connectivity index (χ0) is 38.1. The molecule has 8 N–H and O–H groups in total. The summed E-state index contributed by atoms with van der Waals surface area (Å²) in [6, 6.07) is 12.2. The second-order valence-electron chi connectivity index (χ2n) is 15.4. The fourth-order valence-corrected chi connectivity index (χ4v) is 7.08. The van der Waals surface area contributed by atoms with Crippen LogP contribution in [0.3, 0.4) is 0 Å². The first-order valence-electron chi connectivity index (χ1n) is 19.0. The molecule has 0 heterocycles. The Hall–Kier alpha value is -3.08. The smallest absolute Gasteiger partial charge is 0.131 e. The van der Waals surface area contributed by atoms with Crippen LogP contribution in [0.15, 0.2) is 54.2 Å². The molecule has 9 nitrogen and oxygen atoms in total. The number of nitrogens with zero attached hydrogens (tertiary/aromatic N) is 2. The van der Waals surface area contributed by atoms with Crippen molar-refractivity contribution in [1.82, 2.24) is 15.5 Å². The minimum Gasteiger partial charge on any atom is -0.496 e. The van der Waals surface area contributed by atoms with Crippen LogP contribution in [0.25, 0.3) is 16.8 Å². The van der Waals surface area contributed by atoms with Gasteiger partial charge in [-0.1, -0.05) is 77.8 Å². The molecule has 1 fully saturated rings. The van der Waals surface area contributed by atoms with Gasteiger partial charge in [0.1, 0.15) is 5.75 Å². The zero-order valence-corrected chi connectivity index (χ0v) is 33.6. The van der Waals surface area contributed by atoms with Crippen molar-refractivity contribution in [3.8, 4) is 16.9 Å². The van der Waals surface area contributed by atoms with Crippen LogP contribution in [0.1, 0.15) is 84.3 Å². The Kier molecular flexibility index (Phi) is 19.1. The number of methoxy groups -OCH3 is 1. The zero-order valence-electron chi connectivity index (χ0n) is 33.6. The molecule has 51 heavy (non-hydrogen) atoms. The SMILES string of the molecule is CC/C=C(\N)C(NCc1cccc(-c2cc(/C(=C\CC)NCCN(C)C)cc(N(C)C)c2)c1OC)C(CO)C(O)CN.CC1CCCC(C)(C)C1. The van der Waals surface area contributed by atoms with Crippen LogP contribution >= 0.6 is 0 Å². The molecule has 4 unspecified atom stereocenters. The van der Waals surface area contributed by atoms with E-state index < -0.39 is 18.1 Å². The molecule has 0 spiro atoms. The summed E-state index contributed by atoms with van der Waals surface area (Å²) in [4.78, 5) is 4.28. The predicted molar refractivity (Wildman–Crippen MR) is 218 cm³/mol. The predicted octanol–water partition coefficient (Wildman–Crippen LogP) is 6.19. The third kappa shape index (κ3) is 14.1. The summed E-state index contributed by atoms with van der Waals surface area (Å²) in [5, 5.41) is 27.7. The molecule has 9 heteroatoms. The van der Waals surface area contributed by atoms with Gasteiger partial charge in [0, 0.05) is 74.4 Å². The molecule has 3 rings (SSSR count). The summed E-state index contributed by atoms with van der Waals surface area (Å²) >= 11 is 0. The number of ether oxygens (including phenoxy) is 1. The Labute approximate surface area is 310 Å². The van der Waals surface area contributed by atoms with Gasteiger partial charge in [0.05, 0.1) is 25.9 Å². The van der Waals surface area contributed by atoms with Crippen LogP contribution in [0.5, 0.6) is 5.75 Å². The molecule has 0 saturated heterocycles. The Morgan fingerprint density at radius 2 is 1.80 bits per heavy atom. The van der Waals surface area contributed by atoms with Crippen LogP contribution in [0.2, 0.25) is 0 Å². The highest BCUT2D eigenvalue weighted by Crippen LogP contribution is 2.38. The topological polar surface area (TPSA) is 132 Å². The minimum absolute atomic E-state index is 0.0324. The second kappa shape index (κ2) is 22.1. The Balaban J connectivity index is 0.000000865. The van der Waals surface area contributed by atoms with E-state index >= 15 is 0 Å². The van der Waals surface area contributed by atoms with E-state index in [0.29, 0.717) is 17.7 Å². The molecular weight excluding hydrogens is 637 g/mol. The van der Waals surface area contributed by atoms with Crippen LogP contribution in [-0.2, 0) is 6.54 Å². The van der Waals surface area contributed by atoms with Crippen LogP contribution in [0, 0.1) is 17.3 Å². The Morgan fingerprint density at radius 3 is 2.33 bits per heavy atom. The first-order valence-corrected chi connectivity index (χ1v) is 19.0. The Morgan fingerprint density at radius 1 is 1.10 bits per heavy atom. The van der Waals surface area contributed by atoms with E-state index in [2.05, 4.69) is 92.6 Å². The summed E-state index contributed by atoms with van der Waals surface area (Å²) in [6.07, 6.45) is 10.7. The first-order chi connectivity index (χ1) is 24.2. The van der Waals surface area contributed by atoms with Gasteiger partial charge in [0.15, 0.2) is 0 Å². The number of anilines is 1. The number of nitrogens with one attached hydrogen (secondary N) is 2. The molecular formula is C42H72N6O3. The molecule has 1 aliphatic carbocycles. The van der Waals surface area contributed by atoms with Crippen molar-refractivity contribution in [2.24, 2.45) is 28.7 Å². The molecule has 2 aromatic rings. The number of hydrogen-bond donors (Lipinski definition) is 6. The number of nitrogens with two attached hydrogens (primary N) is 2. The van der Waals surface area contributed by atoms with Crippen LogP contribution in [0.4, 0.5) is 5.69 Å². The van der Waals surface area contributed by atoms with E-state index in [9.17, 15) is 10.2 Å². The lowest BCUT2D eigenvalue weighted by Gasteiger charge is -2.33. The molecule has 4 atom stereocenters. The lowest BCUT2D eigenvalue weighted by Crippen LogP contribution is -2.48. The van der Waals surface area contributed by atoms with E-state index in [1.54, 1.807) is 7.11 Å². The van der Waals surface area contributed by atoms with Gasteiger partial charge in [-0.2, -0.15) is 0 Å². The third-order valence-electron chi connectivity index (χ3n) is 9.78. The quantitative estimate of drug-likeness (QED) is 0.107. The molecule has 0 bridgehead atoms. The minimum atomic E-state index is -0.895. The van der Waals surface area contributed by atoms with Gasteiger partial charge in [-0.3, -0.25) is 0 Å². The van der Waals surface area contributed by atoms with Gasteiger partial charge in [-0.05, 0) is 80.4 Å². The molecule has 2 aromatic carbocycles. The van der Waals surface area contributed by atoms with Crippen molar-refractivity contribution in [3.05, 3.63) is 65.4 Å².